The van der Waals surface area contributed by atoms with E-state index in [1.807, 2.05) is 0 Å². The molecule has 0 aliphatic carbocycles. The number of hydrogen-bond donors (Lipinski definition) is 3. The largest absolute Gasteiger partial charge is 0.543 e. The lowest BCUT2D eigenvalue weighted by atomic mass is 10.0. The topological polar surface area (TPSA) is 225 Å². The molecule has 3 aliphatic heterocycles. The molecule has 50 heavy (non-hydrogen) atoms. The normalized spacial score (nSPS) is 20.2. The second kappa shape index (κ2) is 14.1. The summed E-state index contributed by atoms with van der Waals surface area (Å²) in [7, 11) is 1.22. The van der Waals surface area contributed by atoms with Crippen LogP contribution >= 0.6 is 23.3 Å². The molecule has 0 bridgehead atoms. The number of benzene rings is 1. The number of nitrogens with zero attached hydrogens (tertiary/aromatic N) is 6. The summed E-state index contributed by atoms with van der Waals surface area (Å²) < 4.78 is 26.3. The van der Waals surface area contributed by atoms with Crippen LogP contribution in [0.5, 0.6) is 0 Å². The number of thioether (sulfide) groups is 1. The van der Waals surface area contributed by atoms with Crippen molar-refractivity contribution < 1.29 is 47.6 Å². The summed E-state index contributed by atoms with van der Waals surface area (Å²) in [4.78, 5) is 73.2. The smallest absolute Gasteiger partial charge is 0.414 e. The van der Waals surface area contributed by atoms with Crippen LogP contribution < -0.4 is 30.9 Å². The highest BCUT2D eigenvalue weighted by atomic mass is 32.2. The minimum Gasteiger partial charge on any atom is -0.543 e. The number of hydrogen-bond acceptors (Lipinski definition) is 14. The molecule has 0 spiro atoms. The van der Waals surface area contributed by atoms with Gasteiger partial charge in [0, 0.05) is 47.0 Å². The molecule has 260 valence electrons. The summed E-state index contributed by atoms with van der Waals surface area (Å²) >= 11 is 2.09. The lowest BCUT2D eigenvalue weighted by molar-refractivity contribution is -0.688. The number of oxime groups is 1. The third-order valence-electron chi connectivity index (χ3n) is 7.84. The van der Waals surface area contributed by atoms with E-state index >= 15 is 4.39 Å². The standard InChI is InChI=1S/C30H28FN9O8S2/c1-14(41)33-9-18-12-39(30(46)48-18)17-5-6-19(20(31)8-17)15-4-3-7-38(10-15)11-16-13-49-27-22(26(43)40(27)23(16)28(44)45)34-25(42)21(36-47-2)24-35-29(32)50-37-24/h3-8,10,18,22,27H,9,11-13H2,1-2H3,(H4-,32,33,34,35,37,41,42,44,45)/b36-21-/t18-,22+,27?/m0/s1. The fourth-order valence-corrected chi connectivity index (χ4v) is 7.38. The number of ether oxygens (including phenoxy) is 1. The Balaban J connectivity index is 1.16. The van der Waals surface area contributed by atoms with Crippen LogP contribution in [0.4, 0.5) is 20.0 Å². The molecule has 0 radical (unpaired) electrons. The van der Waals surface area contributed by atoms with Gasteiger partial charge in [-0.2, -0.15) is 9.36 Å². The maximum Gasteiger partial charge on any atom is 0.414 e. The number of pyridine rings is 1. The lowest BCUT2D eigenvalue weighted by Crippen LogP contribution is -2.71. The maximum atomic E-state index is 15.4. The first-order chi connectivity index (χ1) is 23.9. The number of rotatable bonds is 11. The van der Waals surface area contributed by atoms with Gasteiger partial charge in [-0.15, -0.1) is 11.8 Å². The van der Waals surface area contributed by atoms with E-state index < -0.39 is 47.2 Å². The second-order valence-electron chi connectivity index (χ2n) is 11.2. The van der Waals surface area contributed by atoms with E-state index in [-0.39, 0.29) is 64.9 Å². The van der Waals surface area contributed by atoms with Gasteiger partial charge in [-0.25, -0.2) is 13.8 Å². The average Bonchev–Trinajstić information content (AvgIpc) is 3.69. The first kappa shape index (κ1) is 34.2. The molecule has 5 heterocycles. The van der Waals surface area contributed by atoms with E-state index in [9.17, 15) is 29.1 Å². The van der Waals surface area contributed by atoms with E-state index in [1.54, 1.807) is 35.2 Å². The Morgan fingerprint density at radius 2 is 2.08 bits per heavy atom. The van der Waals surface area contributed by atoms with Gasteiger partial charge in [0.25, 0.3) is 11.8 Å². The Morgan fingerprint density at radius 3 is 2.76 bits per heavy atom. The minimum absolute atomic E-state index is 0.0360. The molecule has 1 aromatic carbocycles. The summed E-state index contributed by atoms with van der Waals surface area (Å²) in [5.41, 5.74) is 6.33. The number of aromatic nitrogens is 3. The van der Waals surface area contributed by atoms with Gasteiger partial charge in [0.05, 0.1) is 30.4 Å². The Labute approximate surface area is 291 Å². The number of carbonyl (C=O) groups is 5. The molecule has 4 N–H and O–H groups in total. The number of nitrogens with one attached hydrogen (secondary N) is 2. The number of amides is 4. The molecule has 4 amide bonds. The van der Waals surface area contributed by atoms with Crippen LogP contribution in [-0.2, 0) is 35.3 Å². The van der Waals surface area contributed by atoms with Crippen molar-refractivity contribution in [3.8, 4) is 11.1 Å². The lowest BCUT2D eigenvalue weighted by Gasteiger charge is -2.50. The molecule has 0 saturated carbocycles. The number of β-lactam (4-membered cyclic amide) rings is 1. The number of carbonyl (C=O) groups excluding carboxylic acids is 5. The van der Waals surface area contributed by atoms with Crippen molar-refractivity contribution in [3.05, 3.63) is 65.6 Å². The van der Waals surface area contributed by atoms with E-state index in [0.29, 0.717) is 11.1 Å². The highest BCUT2D eigenvalue weighted by Crippen LogP contribution is 2.40. The average molecular weight is 726 g/mol. The number of aliphatic carboxylic acids is 1. The van der Waals surface area contributed by atoms with E-state index in [0.717, 1.165) is 16.4 Å². The molecule has 3 atom stereocenters. The van der Waals surface area contributed by atoms with Gasteiger partial charge in [-0.05, 0) is 24.3 Å². The fraction of sp³-hybridized carbons (Fsp3) is 0.300. The zero-order valence-electron chi connectivity index (χ0n) is 26.3. The van der Waals surface area contributed by atoms with E-state index in [2.05, 4.69) is 25.1 Å². The summed E-state index contributed by atoms with van der Waals surface area (Å²) in [5.74, 6) is -3.84. The van der Waals surface area contributed by atoms with Crippen LogP contribution in [0, 0.1) is 5.82 Å². The predicted octanol–water partition coefficient (Wildman–Crippen LogP) is -0.870. The van der Waals surface area contributed by atoms with E-state index in [1.165, 1.54) is 42.8 Å². The first-order valence-corrected chi connectivity index (χ1v) is 16.7. The summed E-state index contributed by atoms with van der Waals surface area (Å²) in [5, 5.41) is 20.5. The number of cyclic esters (lactones) is 1. The molecule has 2 saturated heterocycles. The monoisotopic (exact) mass is 725 g/mol. The second-order valence-corrected chi connectivity index (χ2v) is 13.1. The van der Waals surface area contributed by atoms with Gasteiger partial charge in [0.1, 0.15) is 30.4 Å². The molecule has 1 unspecified atom stereocenters. The molecular formula is C30H28FN9O8S2. The predicted molar refractivity (Wildman–Crippen MR) is 173 cm³/mol. The van der Waals surface area contributed by atoms with Crippen molar-refractivity contribution in [2.24, 2.45) is 5.16 Å². The number of nitrogen functional groups attached to an aromatic ring is 1. The number of carboxylic acids is 1. The molecule has 20 heteroatoms. The molecule has 2 fully saturated rings. The van der Waals surface area contributed by atoms with Gasteiger partial charge >= 0.3 is 6.09 Å². The Hall–Kier alpha value is -5.63. The molecular weight excluding hydrogens is 698 g/mol. The van der Waals surface area contributed by atoms with Crippen molar-refractivity contribution in [3.63, 3.8) is 0 Å². The highest BCUT2D eigenvalue weighted by molar-refractivity contribution is 8.00. The summed E-state index contributed by atoms with van der Waals surface area (Å²) in [6.45, 7) is 1.65. The molecule has 3 aromatic rings. The zero-order valence-corrected chi connectivity index (χ0v) is 28.0. The quantitative estimate of drug-likeness (QED) is 0.0950. The van der Waals surface area contributed by atoms with Crippen LogP contribution in [-0.4, -0.2) is 93.2 Å². The number of halogens is 1. The van der Waals surface area contributed by atoms with Crippen LogP contribution in [0.2, 0.25) is 0 Å². The third kappa shape index (κ3) is 6.79. The van der Waals surface area contributed by atoms with Crippen molar-refractivity contribution in [2.45, 2.75) is 31.0 Å². The van der Waals surface area contributed by atoms with Gasteiger partial charge in [-0.3, -0.25) is 24.2 Å². The Bertz CT molecular complexity index is 1970. The van der Waals surface area contributed by atoms with Crippen molar-refractivity contribution in [2.75, 3.05) is 36.6 Å². The molecule has 6 rings (SSSR count). The maximum absolute atomic E-state index is 15.4. The Kier molecular flexibility index (Phi) is 9.64. The van der Waals surface area contributed by atoms with E-state index in [4.69, 9.17) is 15.3 Å². The number of fused-ring (bicyclic) bond motifs is 1. The molecule has 17 nitrogen and oxygen atoms in total. The molecule has 3 aliphatic rings. The van der Waals surface area contributed by atoms with Gasteiger partial charge < -0.3 is 35.8 Å². The van der Waals surface area contributed by atoms with Crippen LogP contribution in [0.3, 0.4) is 0 Å². The van der Waals surface area contributed by atoms with Crippen LogP contribution in [0.25, 0.3) is 11.1 Å². The number of anilines is 2. The molecule has 2 aromatic heterocycles. The van der Waals surface area contributed by atoms with Crippen molar-refractivity contribution >= 4 is 69.6 Å². The van der Waals surface area contributed by atoms with Crippen LogP contribution in [0.1, 0.15) is 12.7 Å². The van der Waals surface area contributed by atoms with Crippen molar-refractivity contribution in [1.29, 1.82) is 0 Å². The summed E-state index contributed by atoms with van der Waals surface area (Å²) in [6, 6.07) is 6.56. The zero-order chi connectivity index (χ0) is 35.7. The highest BCUT2D eigenvalue weighted by Gasteiger charge is 2.53. The van der Waals surface area contributed by atoms with Crippen LogP contribution in [0.15, 0.2) is 59.2 Å². The van der Waals surface area contributed by atoms with Gasteiger partial charge in [-0.1, -0.05) is 5.16 Å². The Morgan fingerprint density at radius 1 is 1.28 bits per heavy atom. The summed E-state index contributed by atoms with van der Waals surface area (Å²) in [6.07, 6.45) is 2.05. The van der Waals surface area contributed by atoms with Gasteiger partial charge in [0.2, 0.25) is 17.4 Å². The number of nitrogens with two attached hydrogens (primary N) is 1. The minimum atomic E-state index is -1.56. The fourth-order valence-electron chi connectivity index (χ4n) is 5.61. The SMILES string of the molecule is CO/N=C(\C(=O)N[C@@H]1C(=O)N2C(C(=O)[O-])=C(C[n+]3cccc(-c4ccc(N5C[C@H](CNC(C)=O)OC5=O)cc4F)c3)CSC12)c1nsc(N)n1. The van der Waals surface area contributed by atoms with Gasteiger partial charge in [0.15, 0.2) is 24.1 Å². The number of carboxylic acid groups (broad SMARTS) is 1. The van der Waals surface area contributed by atoms with Crippen molar-refractivity contribution in [1.82, 2.24) is 24.9 Å². The first-order valence-electron chi connectivity index (χ1n) is 14.9. The third-order valence-corrected chi connectivity index (χ3v) is 9.72.